The lowest BCUT2D eigenvalue weighted by Gasteiger charge is -2.20. The molecule has 0 heterocycles. The molecule has 3 aromatic carbocycles. The van der Waals surface area contributed by atoms with Gasteiger partial charge in [-0.3, -0.25) is 0 Å². The van der Waals surface area contributed by atoms with Crippen LogP contribution in [0.5, 0.6) is 0 Å². The number of hydrogen-bond donors (Lipinski definition) is 1. The first-order chi connectivity index (χ1) is 12.9. The Kier molecular flexibility index (Phi) is 5.10. The van der Waals surface area contributed by atoms with Gasteiger partial charge in [-0.15, -0.1) is 0 Å². The van der Waals surface area contributed by atoms with E-state index in [1.54, 1.807) is 18.2 Å². The van der Waals surface area contributed by atoms with Crippen LogP contribution in [0.4, 0.5) is 5.69 Å². The molecule has 0 aliphatic carbocycles. The van der Waals surface area contributed by atoms with Gasteiger partial charge in [-0.1, -0.05) is 59.1 Å². The summed E-state index contributed by atoms with van der Waals surface area (Å²) in [6, 6.07) is 17.2. The van der Waals surface area contributed by atoms with Crippen LogP contribution < -0.4 is 5.73 Å². The van der Waals surface area contributed by atoms with E-state index in [4.69, 9.17) is 28.9 Å². The molecule has 0 amide bonds. The number of nitrogens with two attached hydrogens (primary N) is 1. The van der Waals surface area contributed by atoms with Gasteiger partial charge in [0.15, 0.2) is 0 Å². The highest BCUT2D eigenvalue weighted by Gasteiger charge is 2.24. The predicted molar refractivity (Wildman–Crippen MR) is 111 cm³/mol. The fraction of sp³-hybridized carbons (Fsp3) is 0.0909. The van der Waals surface area contributed by atoms with Crippen molar-refractivity contribution in [2.24, 2.45) is 0 Å². The summed E-state index contributed by atoms with van der Waals surface area (Å²) in [7, 11) is 0. The molecule has 3 aromatic rings. The number of aryl methyl sites for hydroxylation is 1. The molecule has 2 N–H and O–H groups in total. The minimum absolute atomic E-state index is 0.132. The Hall–Kier alpha value is -2.98. The monoisotopic (exact) mass is 391 g/mol. The Labute approximate surface area is 168 Å². The third-order valence-electron chi connectivity index (χ3n) is 4.57. The molecular weight excluding hydrogens is 377 g/mol. The van der Waals surface area contributed by atoms with Gasteiger partial charge in [-0.2, -0.15) is 10.5 Å². The van der Waals surface area contributed by atoms with Crippen LogP contribution in [-0.2, 0) is 0 Å². The first kappa shape index (κ1) is 18.8. The maximum Gasteiger partial charge on any atom is 0.102 e. The number of hydrogen-bond acceptors (Lipinski definition) is 3. The SMILES string of the molecule is Cc1ccc(-c2c(C)c(-c3c(Cl)cccc3Cl)c(C#N)c(N)c2C#N)cc1. The molecule has 0 fully saturated rings. The third kappa shape index (κ3) is 3.13. The van der Waals surface area contributed by atoms with Crippen LogP contribution in [0.15, 0.2) is 42.5 Å². The van der Waals surface area contributed by atoms with Crippen LogP contribution >= 0.6 is 23.2 Å². The van der Waals surface area contributed by atoms with E-state index >= 15 is 0 Å². The zero-order valence-corrected chi connectivity index (χ0v) is 16.3. The van der Waals surface area contributed by atoms with E-state index in [9.17, 15) is 10.5 Å². The van der Waals surface area contributed by atoms with E-state index < -0.39 is 0 Å². The Balaban J connectivity index is 2.51. The van der Waals surface area contributed by atoms with Gasteiger partial charge in [-0.25, -0.2) is 0 Å². The number of halogens is 2. The molecule has 3 rings (SSSR count). The van der Waals surface area contributed by atoms with Crippen molar-refractivity contribution in [3.63, 3.8) is 0 Å². The molecule has 0 bridgehead atoms. The molecule has 0 saturated carbocycles. The molecule has 0 unspecified atom stereocenters. The predicted octanol–water partition coefficient (Wildman–Crippen LogP) is 6.27. The molecule has 0 spiro atoms. The zero-order valence-electron chi connectivity index (χ0n) is 14.8. The second-order valence-electron chi connectivity index (χ2n) is 6.22. The molecule has 0 aromatic heterocycles. The van der Waals surface area contributed by atoms with Gasteiger partial charge < -0.3 is 5.73 Å². The first-order valence-corrected chi connectivity index (χ1v) is 8.94. The van der Waals surface area contributed by atoms with E-state index in [0.717, 1.165) is 16.7 Å². The summed E-state index contributed by atoms with van der Waals surface area (Å²) in [6.07, 6.45) is 0. The Bertz CT molecular complexity index is 1110. The van der Waals surface area contributed by atoms with Crippen molar-refractivity contribution in [1.29, 1.82) is 10.5 Å². The van der Waals surface area contributed by atoms with Crippen molar-refractivity contribution < 1.29 is 0 Å². The van der Waals surface area contributed by atoms with Crippen LogP contribution in [-0.4, -0.2) is 0 Å². The maximum absolute atomic E-state index is 9.76. The number of anilines is 1. The van der Waals surface area contributed by atoms with Crippen molar-refractivity contribution in [3.05, 3.63) is 74.8 Å². The lowest BCUT2D eigenvalue weighted by molar-refractivity contribution is 1.37. The third-order valence-corrected chi connectivity index (χ3v) is 5.20. The van der Waals surface area contributed by atoms with Crippen molar-refractivity contribution in [1.82, 2.24) is 0 Å². The summed E-state index contributed by atoms with van der Waals surface area (Å²) in [5, 5.41) is 20.3. The lowest BCUT2D eigenvalue weighted by atomic mass is 9.84. The summed E-state index contributed by atoms with van der Waals surface area (Å²) >= 11 is 12.8. The van der Waals surface area contributed by atoms with E-state index in [2.05, 4.69) is 12.1 Å². The number of nitriles is 2. The smallest absolute Gasteiger partial charge is 0.102 e. The van der Waals surface area contributed by atoms with Crippen molar-refractivity contribution in [2.75, 3.05) is 5.73 Å². The molecule has 3 nitrogen and oxygen atoms in total. The molecule has 0 aliphatic heterocycles. The van der Waals surface area contributed by atoms with E-state index in [0.29, 0.717) is 26.7 Å². The molecule has 0 saturated heterocycles. The Morgan fingerprint density at radius 2 is 1.30 bits per heavy atom. The fourth-order valence-electron chi connectivity index (χ4n) is 3.26. The lowest BCUT2D eigenvalue weighted by Crippen LogP contribution is -2.04. The van der Waals surface area contributed by atoms with Crippen LogP contribution in [0.3, 0.4) is 0 Å². The number of nitrogen functional groups attached to an aromatic ring is 1. The molecule has 0 atom stereocenters. The topological polar surface area (TPSA) is 73.6 Å². The van der Waals surface area contributed by atoms with E-state index in [-0.39, 0.29) is 16.8 Å². The van der Waals surface area contributed by atoms with E-state index in [1.165, 1.54) is 0 Å². The highest BCUT2D eigenvalue weighted by Crippen LogP contribution is 2.45. The standard InChI is InChI=1S/C22H15Cl2N3/c1-12-6-8-14(9-7-12)19-13(2)20(16(11-26)22(27)15(19)10-25)21-17(23)4-3-5-18(21)24/h3-9H,27H2,1-2H3. The molecule has 5 heteroatoms. The number of nitrogens with zero attached hydrogens (tertiary/aromatic N) is 2. The van der Waals surface area contributed by atoms with Gasteiger partial charge in [0.25, 0.3) is 0 Å². The first-order valence-electron chi connectivity index (χ1n) is 8.18. The highest BCUT2D eigenvalue weighted by molar-refractivity contribution is 6.39. The summed E-state index contributed by atoms with van der Waals surface area (Å²) in [4.78, 5) is 0. The molecule has 132 valence electrons. The Morgan fingerprint density at radius 3 is 1.81 bits per heavy atom. The second kappa shape index (κ2) is 7.33. The second-order valence-corrected chi connectivity index (χ2v) is 7.04. The number of benzene rings is 3. The summed E-state index contributed by atoms with van der Waals surface area (Å²) < 4.78 is 0. The fourth-order valence-corrected chi connectivity index (χ4v) is 3.84. The highest BCUT2D eigenvalue weighted by atomic mass is 35.5. The quantitative estimate of drug-likeness (QED) is 0.523. The molecule has 0 radical (unpaired) electrons. The van der Waals surface area contributed by atoms with Crippen molar-refractivity contribution in [3.8, 4) is 34.4 Å². The van der Waals surface area contributed by atoms with E-state index in [1.807, 2.05) is 38.1 Å². The number of rotatable bonds is 2. The Morgan fingerprint density at radius 1 is 0.778 bits per heavy atom. The average molecular weight is 392 g/mol. The van der Waals surface area contributed by atoms with Gasteiger partial charge in [0.1, 0.15) is 12.1 Å². The summed E-state index contributed by atoms with van der Waals surface area (Å²) in [6.45, 7) is 3.84. The maximum atomic E-state index is 9.76. The van der Waals surface area contributed by atoms with Crippen LogP contribution in [0.2, 0.25) is 10.0 Å². The summed E-state index contributed by atoms with van der Waals surface area (Å²) in [5.41, 5.74) is 11.3. The van der Waals surface area contributed by atoms with Gasteiger partial charge in [0, 0.05) is 26.7 Å². The zero-order chi connectivity index (χ0) is 19.7. The van der Waals surface area contributed by atoms with Gasteiger partial charge in [0.2, 0.25) is 0 Å². The van der Waals surface area contributed by atoms with Crippen LogP contribution in [0, 0.1) is 36.5 Å². The van der Waals surface area contributed by atoms with Gasteiger partial charge >= 0.3 is 0 Å². The summed E-state index contributed by atoms with van der Waals surface area (Å²) in [5.74, 6) is 0. The van der Waals surface area contributed by atoms with Crippen molar-refractivity contribution >= 4 is 28.9 Å². The minimum Gasteiger partial charge on any atom is -0.397 e. The molecular formula is C22H15Cl2N3. The molecule has 0 aliphatic rings. The minimum atomic E-state index is 0.132. The van der Waals surface area contributed by atoms with Gasteiger partial charge in [-0.05, 0) is 37.1 Å². The molecule has 27 heavy (non-hydrogen) atoms. The largest absolute Gasteiger partial charge is 0.397 e. The normalized spacial score (nSPS) is 10.3. The van der Waals surface area contributed by atoms with Crippen LogP contribution in [0.1, 0.15) is 22.3 Å². The van der Waals surface area contributed by atoms with Gasteiger partial charge in [0.05, 0.1) is 16.8 Å². The van der Waals surface area contributed by atoms with Crippen molar-refractivity contribution in [2.45, 2.75) is 13.8 Å². The average Bonchev–Trinajstić information content (AvgIpc) is 2.64. The van der Waals surface area contributed by atoms with Crippen LogP contribution in [0.25, 0.3) is 22.3 Å².